The minimum atomic E-state index is 0.0484. The predicted octanol–water partition coefficient (Wildman–Crippen LogP) is 5.75. The van der Waals surface area contributed by atoms with E-state index in [9.17, 15) is 0 Å². The Morgan fingerprint density at radius 1 is 1.19 bits per heavy atom. The van der Waals surface area contributed by atoms with Crippen LogP contribution < -0.4 is 15.2 Å². The zero-order valence-electron chi connectivity index (χ0n) is 18.1. The molecule has 4 unspecified atom stereocenters. The van der Waals surface area contributed by atoms with Crippen LogP contribution in [0.5, 0.6) is 11.6 Å². The van der Waals surface area contributed by atoms with Gasteiger partial charge in [-0.15, -0.1) is 0 Å². The number of fused-ring (bicyclic) bond motifs is 3. The fraction of sp³-hybridized carbons (Fsp3) is 0.423. The van der Waals surface area contributed by atoms with Crippen LogP contribution in [0.4, 0.5) is 0 Å². The summed E-state index contributed by atoms with van der Waals surface area (Å²) in [7, 11) is 1.62. The number of hydrogen-bond donors (Lipinski definition) is 1. The van der Waals surface area contributed by atoms with Crippen LogP contribution in [0.15, 0.2) is 54.7 Å². The van der Waals surface area contributed by atoms with Gasteiger partial charge in [-0.25, -0.2) is 4.98 Å². The molecule has 0 radical (unpaired) electrons. The summed E-state index contributed by atoms with van der Waals surface area (Å²) in [6, 6.07) is 16.9. The molecule has 3 aromatic rings. The summed E-state index contributed by atoms with van der Waals surface area (Å²) in [6.07, 6.45) is 6.15. The van der Waals surface area contributed by atoms with Gasteiger partial charge in [-0.3, -0.25) is 0 Å². The van der Waals surface area contributed by atoms with E-state index in [2.05, 4.69) is 42.2 Å². The Morgan fingerprint density at radius 3 is 2.68 bits per heavy atom. The molecule has 162 valence electrons. The van der Waals surface area contributed by atoms with Gasteiger partial charge >= 0.3 is 0 Å². The molecule has 2 aliphatic rings. The van der Waals surface area contributed by atoms with Crippen molar-refractivity contribution >= 4 is 22.4 Å². The Bertz CT molecular complexity index is 1090. The molecule has 0 spiro atoms. The van der Waals surface area contributed by atoms with E-state index in [-0.39, 0.29) is 17.6 Å². The Labute approximate surface area is 188 Å². The van der Waals surface area contributed by atoms with Crippen molar-refractivity contribution < 1.29 is 9.47 Å². The summed E-state index contributed by atoms with van der Waals surface area (Å²) in [6.45, 7) is 2.20. The van der Waals surface area contributed by atoms with Crippen LogP contribution in [0.3, 0.4) is 0 Å². The number of ether oxygens (including phenoxy) is 2. The van der Waals surface area contributed by atoms with Gasteiger partial charge in [0, 0.05) is 23.0 Å². The Kier molecular flexibility index (Phi) is 5.31. The van der Waals surface area contributed by atoms with Crippen molar-refractivity contribution in [3.05, 3.63) is 65.3 Å². The maximum absolute atomic E-state index is 6.76. The van der Waals surface area contributed by atoms with Gasteiger partial charge in [0.15, 0.2) is 0 Å². The van der Waals surface area contributed by atoms with Crippen molar-refractivity contribution in [2.75, 3.05) is 7.11 Å². The van der Waals surface area contributed by atoms with Crippen molar-refractivity contribution in [2.24, 2.45) is 17.6 Å². The maximum Gasteiger partial charge on any atom is 0.221 e. The zero-order chi connectivity index (χ0) is 21.6. The van der Waals surface area contributed by atoms with Gasteiger partial charge in [0.05, 0.1) is 12.1 Å². The third-order valence-electron chi connectivity index (χ3n) is 7.62. The third kappa shape index (κ3) is 3.28. The van der Waals surface area contributed by atoms with Crippen LogP contribution in [-0.4, -0.2) is 24.2 Å². The average molecular weight is 437 g/mol. The van der Waals surface area contributed by atoms with Crippen molar-refractivity contribution in [2.45, 2.75) is 50.2 Å². The van der Waals surface area contributed by atoms with Crippen LogP contribution in [-0.2, 0) is 5.41 Å². The first-order valence-electron chi connectivity index (χ1n) is 11.2. The second-order valence-electron chi connectivity index (χ2n) is 9.03. The van der Waals surface area contributed by atoms with Gasteiger partial charge < -0.3 is 15.2 Å². The molecule has 5 atom stereocenters. The number of hydrogen-bond acceptors (Lipinski definition) is 4. The van der Waals surface area contributed by atoms with Crippen molar-refractivity contribution in [1.82, 2.24) is 4.98 Å². The number of pyridine rings is 1. The van der Waals surface area contributed by atoms with E-state index in [0.717, 1.165) is 42.2 Å². The first kappa shape index (κ1) is 20.6. The van der Waals surface area contributed by atoms with E-state index < -0.39 is 0 Å². The monoisotopic (exact) mass is 436 g/mol. The highest BCUT2D eigenvalue weighted by atomic mass is 35.5. The first-order chi connectivity index (χ1) is 15.1. The molecule has 31 heavy (non-hydrogen) atoms. The second kappa shape index (κ2) is 7.99. The summed E-state index contributed by atoms with van der Waals surface area (Å²) in [5.74, 6) is 2.34. The normalized spacial score (nSPS) is 28.1. The number of nitrogens with zero attached hydrogens (tertiary/aromatic N) is 1. The lowest BCUT2D eigenvalue weighted by molar-refractivity contribution is 0.0924. The smallest absolute Gasteiger partial charge is 0.221 e. The van der Waals surface area contributed by atoms with Gasteiger partial charge in [-0.2, -0.15) is 0 Å². The zero-order valence-corrected chi connectivity index (χ0v) is 18.8. The van der Waals surface area contributed by atoms with E-state index in [1.54, 1.807) is 13.3 Å². The molecule has 1 heterocycles. The largest absolute Gasteiger partial charge is 0.489 e. The number of nitrogens with two attached hydrogens (primary N) is 1. The lowest BCUT2D eigenvalue weighted by Gasteiger charge is -2.44. The molecule has 2 bridgehead atoms. The molecule has 2 aliphatic carbocycles. The number of aromatic nitrogens is 1. The van der Waals surface area contributed by atoms with Gasteiger partial charge in [0.25, 0.3) is 0 Å². The predicted molar refractivity (Wildman–Crippen MR) is 125 cm³/mol. The van der Waals surface area contributed by atoms with E-state index in [1.165, 1.54) is 5.56 Å². The van der Waals surface area contributed by atoms with E-state index in [4.69, 9.17) is 26.8 Å². The lowest BCUT2D eigenvalue weighted by Crippen LogP contribution is -2.51. The quantitative estimate of drug-likeness (QED) is 0.534. The third-order valence-corrected chi connectivity index (χ3v) is 7.92. The van der Waals surface area contributed by atoms with Crippen molar-refractivity contribution in [3.63, 3.8) is 0 Å². The van der Waals surface area contributed by atoms with Gasteiger partial charge in [0.2, 0.25) is 5.88 Å². The average Bonchev–Trinajstić information content (AvgIpc) is 3.38. The van der Waals surface area contributed by atoms with Crippen LogP contribution in [0.25, 0.3) is 10.8 Å². The van der Waals surface area contributed by atoms with E-state index >= 15 is 0 Å². The summed E-state index contributed by atoms with van der Waals surface area (Å²) < 4.78 is 11.9. The van der Waals surface area contributed by atoms with Crippen LogP contribution in [0.2, 0.25) is 5.02 Å². The summed E-state index contributed by atoms with van der Waals surface area (Å²) >= 11 is 6.61. The molecule has 5 heteroatoms. The number of benzene rings is 2. The number of halogens is 1. The fourth-order valence-corrected chi connectivity index (χ4v) is 6.37. The van der Waals surface area contributed by atoms with E-state index in [1.807, 2.05) is 18.2 Å². The van der Waals surface area contributed by atoms with Crippen LogP contribution >= 0.6 is 11.6 Å². The molecule has 2 fully saturated rings. The number of methoxy groups -OCH3 is 1. The molecule has 0 aliphatic heterocycles. The standard InChI is InChI=1S/C26H29ClN2O2/c1-3-24(28)26(18-7-5-4-6-8-18)15-17-11-19(26)13-22(17)31-23-12-16-9-10-29-25(30-2)20(16)14-21(23)27/h4-10,12,14,17,19,22,24H,3,11,13,15,28H2,1-2H3/t17?,19?,22?,24?,26-/m1/s1. The summed E-state index contributed by atoms with van der Waals surface area (Å²) in [4.78, 5) is 4.27. The van der Waals surface area contributed by atoms with Crippen molar-refractivity contribution in [3.8, 4) is 11.6 Å². The topological polar surface area (TPSA) is 57.4 Å². The van der Waals surface area contributed by atoms with E-state index in [0.29, 0.717) is 22.7 Å². The highest BCUT2D eigenvalue weighted by Crippen LogP contribution is 2.59. The Hall–Kier alpha value is -2.30. The maximum atomic E-state index is 6.76. The second-order valence-corrected chi connectivity index (χ2v) is 9.44. The summed E-state index contributed by atoms with van der Waals surface area (Å²) in [5, 5.41) is 2.51. The Morgan fingerprint density at radius 2 is 2.00 bits per heavy atom. The minimum absolute atomic E-state index is 0.0484. The molecule has 5 rings (SSSR count). The first-order valence-corrected chi connectivity index (χ1v) is 11.5. The SMILES string of the molecule is CCC(N)[C@@]1(c2ccccc2)CC2CC1CC2Oc1cc2ccnc(OC)c2cc1Cl. The van der Waals surface area contributed by atoms with Crippen LogP contribution in [0, 0.1) is 11.8 Å². The molecule has 0 amide bonds. The molecular formula is C26H29ClN2O2. The molecule has 2 saturated carbocycles. The van der Waals surface area contributed by atoms with Gasteiger partial charge in [-0.05, 0) is 66.7 Å². The fourth-order valence-electron chi connectivity index (χ4n) is 6.16. The summed E-state index contributed by atoms with van der Waals surface area (Å²) in [5.41, 5.74) is 8.20. The molecule has 2 N–H and O–H groups in total. The molecule has 1 aromatic heterocycles. The molecule has 4 nitrogen and oxygen atoms in total. The Balaban J connectivity index is 1.42. The highest BCUT2D eigenvalue weighted by Gasteiger charge is 2.58. The van der Waals surface area contributed by atoms with Crippen LogP contribution in [0.1, 0.15) is 38.2 Å². The molecular weight excluding hydrogens is 408 g/mol. The minimum Gasteiger partial charge on any atom is -0.489 e. The van der Waals surface area contributed by atoms with Gasteiger partial charge in [-0.1, -0.05) is 48.9 Å². The highest BCUT2D eigenvalue weighted by molar-refractivity contribution is 6.33. The van der Waals surface area contributed by atoms with Crippen molar-refractivity contribution in [1.29, 1.82) is 0 Å². The lowest BCUT2D eigenvalue weighted by atomic mass is 9.63. The number of rotatable bonds is 6. The van der Waals surface area contributed by atoms with Gasteiger partial charge in [0.1, 0.15) is 11.9 Å². The molecule has 0 saturated heterocycles. The molecule has 2 aromatic carbocycles.